The predicted molar refractivity (Wildman–Crippen MR) is 87.3 cm³/mol. The van der Waals surface area contributed by atoms with Gasteiger partial charge in [-0.15, -0.1) is 0 Å². The van der Waals surface area contributed by atoms with Gasteiger partial charge < -0.3 is 8.94 Å². The summed E-state index contributed by atoms with van der Waals surface area (Å²) in [7, 11) is 0. The van der Waals surface area contributed by atoms with Crippen molar-refractivity contribution >= 4 is 51.5 Å². The lowest BCUT2D eigenvalue weighted by atomic mass is 10.4. The van der Waals surface area contributed by atoms with E-state index in [0.29, 0.717) is 28.7 Å². The first-order chi connectivity index (χ1) is 9.49. The monoisotopic (exact) mass is 352 g/mol. The molecule has 110 valence electrons. The summed E-state index contributed by atoms with van der Waals surface area (Å²) in [5.41, 5.74) is -1.10. The van der Waals surface area contributed by atoms with E-state index in [-0.39, 0.29) is 0 Å². The van der Waals surface area contributed by atoms with Crippen LogP contribution < -0.4 is 5.76 Å². The van der Waals surface area contributed by atoms with Gasteiger partial charge in [0.1, 0.15) is 5.47 Å². The van der Waals surface area contributed by atoms with Crippen molar-refractivity contribution in [3.63, 3.8) is 0 Å². The predicted octanol–water partition coefficient (Wildman–Crippen LogP) is 3.70. The Hall–Kier alpha value is -0.330. The number of halogens is 1. The maximum absolute atomic E-state index is 11.9. The Labute approximate surface area is 130 Å². The van der Waals surface area contributed by atoms with Crippen LogP contribution in [0.4, 0.5) is 0 Å². The van der Waals surface area contributed by atoms with Crippen LogP contribution in [-0.2, 0) is 22.2 Å². The van der Waals surface area contributed by atoms with Crippen LogP contribution >= 0.6 is 28.4 Å². The van der Waals surface area contributed by atoms with Gasteiger partial charge in [0.15, 0.2) is 11.2 Å². The van der Waals surface area contributed by atoms with E-state index < -0.39 is 11.2 Å². The highest BCUT2D eigenvalue weighted by Gasteiger charge is 2.18. The van der Waals surface area contributed by atoms with Crippen LogP contribution in [0.25, 0.3) is 11.2 Å². The second-order valence-corrected chi connectivity index (χ2v) is 11.9. The van der Waals surface area contributed by atoms with E-state index >= 15 is 0 Å². The molecule has 0 fully saturated rings. The minimum Gasteiger partial charge on any atom is -0.406 e. The lowest BCUT2D eigenvalue weighted by Crippen LogP contribution is -2.13. The lowest BCUT2D eigenvalue weighted by Gasteiger charge is -2.18. The van der Waals surface area contributed by atoms with E-state index in [4.69, 9.17) is 32.3 Å². The van der Waals surface area contributed by atoms with Crippen LogP contribution in [0.1, 0.15) is 13.8 Å². The highest BCUT2D eigenvalue weighted by atomic mass is 35.5. The topological polar surface area (TPSA) is 57.3 Å². The molecule has 9 heteroatoms. The molecule has 5 nitrogen and oxygen atoms in total. The summed E-state index contributed by atoms with van der Waals surface area (Å²) < 4.78 is 12.2. The van der Waals surface area contributed by atoms with Crippen LogP contribution in [0.5, 0.6) is 0 Å². The summed E-state index contributed by atoms with van der Waals surface area (Å²) in [5.74, 6) is -0.0950. The summed E-state index contributed by atoms with van der Waals surface area (Å²) in [6.45, 7) is 4.49. The van der Waals surface area contributed by atoms with Gasteiger partial charge >= 0.3 is 5.76 Å². The molecule has 0 spiro atoms. The minimum absolute atomic E-state index is 0.367. The number of fused-ring (bicyclic) bond motifs is 1. The Morgan fingerprint density at radius 2 is 2.35 bits per heavy atom. The van der Waals surface area contributed by atoms with Gasteiger partial charge in [-0.25, -0.2) is 14.3 Å². The van der Waals surface area contributed by atoms with E-state index in [9.17, 15) is 4.79 Å². The highest BCUT2D eigenvalue weighted by Crippen LogP contribution is 2.60. The molecule has 1 unspecified atom stereocenters. The van der Waals surface area contributed by atoms with E-state index in [1.54, 1.807) is 6.07 Å². The first-order valence-corrected chi connectivity index (χ1v) is 10.9. The summed E-state index contributed by atoms with van der Waals surface area (Å²) in [5, 5.41) is 0.430. The molecule has 0 radical (unpaired) electrons. The maximum atomic E-state index is 11.9. The van der Waals surface area contributed by atoms with Gasteiger partial charge in [-0.2, -0.15) is 0 Å². The third-order valence-corrected chi connectivity index (χ3v) is 9.63. The largest absolute Gasteiger partial charge is 0.421 e. The summed E-state index contributed by atoms with van der Waals surface area (Å²) >= 11 is 12.8. The quantitative estimate of drug-likeness (QED) is 0.739. The Kier molecular flexibility index (Phi) is 5.31. The Morgan fingerprint density at radius 3 is 3.00 bits per heavy atom. The van der Waals surface area contributed by atoms with Crippen molar-refractivity contribution in [1.29, 1.82) is 0 Å². The van der Waals surface area contributed by atoms with Crippen molar-refractivity contribution in [3.8, 4) is 0 Å². The van der Waals surface area contributed by atoms with Crippen molar-refractivity contribution in [3.05, 3.63) is 27.8 Å². The first-order valence-electron chi connectivity index (χ1n) is 6.02. The smallest absolute Gasteiger partial charge is 0.406 e. The van der Waals surface area contributed by atoms with Crippen LogP contribution in [0.2, 0.25) is 5.02 Å². The van der Waals surface area contributed by atoms with E-state index in [0.717, 1.165) is 6.16 Å². The molecule has 0 saturated carbocycles. The van der Waals surface area contributed by atoms with Gasteiger partial charge in [0.2, 0.25) is 0 Å². The van der Waals surface area contributed by atoms with Gasteiger partial charge in [-0.3, -0.25) is 0 Å². The van der Waals surface area contributed by atoms with Crippen molar-refractivity contribution in [1.82, 2.24) is 9.55 Å². The molecule has 0 aliphatic rings. The molecule has 0 aliphatic heterocycles. The van der Waals surface area contributed by atoms with Gasteiger partial charge in [0.05, 0.1) is 10.9 Å². The van der Waals surface area contributed by atoms with Crippen molar-refractivity contribution in [2.45, 2.75) is 19.7 Å². The van der Waals surface area contributed by atoms with E-state index in [1.807, 2.05) is 13.8 Å². The highest BCUT2D eigenvalue weighted by molar-refractivity contribution is 8.69. The fourth-order valence-corrected chi connectivity index (χ4v) is 5.81. The zero-order valence-electron chi connectivity index (χ0n) is 11.0. The van der Waals surface area contributed by atoms with Crippen LogP contribution in [0.3, 0.4) is 0 Å². The zero-order valence-corrected chi connectivity index (χ0v) is 14.3. The summed E-state index contributed by atoms with van der Waals surface area (Å²) in [4.78, 5) is 16.0. The molecule has 20 heavy (non-hydrogen) atoms. The third kappa shape index (κ3) is 3.46. The Bertz CT molecular complexity index is 715. The number of pyridine rings is 1. The number of hydrogen-bond acceptors (Lipinski definition) is 6. The number of hydrogen-bond donors (Lipinski definition) is 0. The Balaban J connectivity index is 2.28. The van der Waals surface area contributed by atoms with Gasteiger partial charge in [-0.05, 0) is 6.92 Å². The van der Waals surface area contributed by atoms with Gasteiger partial charge in [0, 0.05) is 25.0 Å². The summed E-state index contributed by atoms with van der Waals surface area (Å²) in [6.07, 6.45) is 2.25. The molecule has 0 saturated heterocycles. The second-order valence-electron chi connectivity index (χ2n) is 3.87. The molecule has 2 heterocycles. The molecule has 0 bridgehead atoms. The SMILES string of the molecule is CCOP(=S)(CC)SCn1c(=O)oc2cc(Cl)cnc21. The van der Waals surface area contributed by atoms with Crippen LogP contribution in [-0.4, -0.2) is 22.3 Å². The third-order valence-electron chi connectivity index (χ3n) is 2.57. The number of rotatable bonds is 6. The van der Waals surface area contributed by atoms with Crippen molar-refractivity contribution < 1.29 is 8.94 Å². The van der Waals surface area contributed by atoms with Crippen LogP contribution in [0, 0.1) is 0 Å². The van der Waals surface area contributed by atoms with Gasteiger partial charge in [-0.1, -0.05) is 41.7 Å². The van der Waals surface area contributed by atoms with E-state index in [2.05, 4.69) is 4.98 Å². The molecule has 0 aromatic carbocycles. The van der Waals surface area contributed by atoms with E-state index in [1.165, 1.54) is 22.1 Å². The van der Waals surface area contributed by atoms with Crippen LogP contribution in [0.15, 0.2) is 21.5 Å². The molecular weight excluding hydrogens is 339 g/mol. The normalized spacial score (nSPS) is 14.6. The molecule has 0 amide bonds. The molecule has 0 N–H and O–H groups in total. The maximum Gasteiger partial charge on any atom is 0.421 e. The van der Waals surface area contributed by atoms with Gasteiger partial charge in [0.25, 0.3) is 0 Å². The fraction of sp³-hybridized carbons (Fsp3) is 0.455. The fourth-order valence-electron chi connectivity index (χ4n) is 1.60. The average Bonchev–Trinajstić information content (AvgIpc) is 2.71. The second kappa shape index (κ2) is 6.62. The molecular formula is C11H14ClN2O3PS2. The molecule has 0 aliphatic carbocycles. The van der Waals surface area contributed by atoms with Crippen molar-refractivity contribution in [2.75, 3.05) is 12.8 Å². The number of aromatic nitrogens is 2. The summed E-state index contributed by atoms with van der Waals surface area (Å²) in [6, 6.07) is 1.57. The number of oxazole rings is 1. The average molecular weight is 353 g/mol. The zero-order chi connectivity index (χ0) is 14.8. The minimum atomic E-state index is -1.95. The molecule has 2 aromatic rings. The molecule has 1 atom stereocenters. The first kappa shape index (κ1) is 16.0. The standard InChI is InChI=1S/C11H14ClN2O3PS2/c1-3-16-18(19,4-2)20-7-14-10-9(17-11(14)15)5-8(12)6-13-10/h5-6H,3-4,7H2,1-2H3. The van der Waals surface area contributed by atoms with Crippen molar-refractivity contribution in [2.24, 2.45) is 0 Å². The lowest BCUT2D eigenvalue weighted by molar-refractivity contribution is 0.385. The Morgan fingerprint density at radius 1 is 1.60 bits per heavy atom. The molecule has 2 rings (SSSR count). The number of nitrogens with zero attached hydrogens (tertiary/aromatic N) is 2. The molecule has 2 aromatic heterocycles.